The van der Waals surface area contributed by atoms with Crippen LogP contribution in [0, 0.1) is 5.92 Å². The van der Waals surface area contributed by atoms with Crippen LogP contribution >= 0.6 is 0 Å². The van der Waals surface area contributed by atoms with Crippen LogP contribution in [-0.4, -0.2) is 34.6 Å². The third-order valence-corrected chi connectivity index (χ3v) is 5.35. The highest BCUT2D eigenvalue weighted by Gasteiger charge is 2.48. The molecule has 1 aromatic heterocycles. The maximum absolute atomic E-state index is 12.3. The molecule has 0 aliphatic heterocycles. The van der Waals surface area contributed by atoms with Crippen LogP contribution in [0.25, 0.3) is 0 Å². The van der Waals surface area contributed by atoms with Gasteiger partial charge in [0.05, 0.1) is 6.33 Å². The Balaban J connectivity index is 2.35. The summed E-state index contributed by atoms with van der Waals surface area (Å²) in [5.41, 5.74) is -1.44. The molecule has 2 atom stereocenters. The topological polar surface area (TPSA) is 101 Å². The zero-order valence-corrected chi connectivity index (χ0v) is 12.4. The van der Waals surface area contributed by atoms with Crippen molar-refractivity contribution in [2.45, 2.75) is 43.2 Å². The second-order valence-electron chi connectivity index (χ2n) is 5.41. The summed E-state index contributed by atoms with van der Waals surface area (Å²) in [7, 11) is -2.28. The van der Waals surface area contributed by atoms with Crippen LogP contribution in [0.15, 0.2) is 17.6 Å². The summed E-state index contributed by atoms with van der Waals surface area (Å²) in [5, 5.41) is 9.37. The maximum Gasteiger partial charge on any atom is 0.325 e. The number of nitrogens with one attached hydrogen (secondary N) is 1. The molecule has 0 bridgehead atoms. The average Bonchev–Trinajstić information content (AvgIpc) is 2.79. The minimum absolute atomic E-state index is 0.154. The van der Waals surface area contributed by atoms with Gasteiger partial charge in [0.15, 0.2) is 5.03 Å². The Morgan fingerprint density at radius 2 is 2.25 bits per heavy atom. The van der Waals surface area contributed by atoms with Gasteiger partial charge in [0.2, 0.25) is 0 Å². The largest absolute Gasteiger partial charge is 0.480 e. The number of hydrogen-bond donors (Lipinski definition) is 2. The van der Waals surface area contributed by atoms with Gasteiger partial charge in [0.25, 0.3) is 10.0 Å². The number of aromatic nitrogens is 2. The fourth-order valence-corrected chi connectivity index (χ4v) is 4.15. The van der Waals surface area contributed by atoms with Crippen molar-refractivity contribution in [1.29, 1.82) is 0 Å². The Labute approximate surface area is 118 Å². The van der Waals surface area contributed by atoms with E-state index in [1.807, 2.05) is 0 Å². The van der Waals surface area contributed by atoms with E-state index in [-0.39, 0.29) is 10.9 Å². The molecule has 0 aromatic carbocycles. The predicted molar refractivity (Wildman–Crippen MR) is 71.5 cm³/mol. The molecule has 1 aliphatic rings. The highest BCUT2D eigenvalue weighted by molar-refractivity contribution is 7.89. The maximum atomic E-state index is 12.3. The summed E-state index contributed by atoms with van der Waals surface area (Å²) < 4.78 is 28.5. The van der Waals surface area contributed by atoms with E-state index >= 15 is 0 Å². The average molecular weight is 301 g/mol. The van der Waals surface area contributed by atoms with E-state index in [2.05, 4.69) is 9.71 Å². The predicted octanol–water partition coefficient (Wildman–Crippen LogP) is 0.732. The molecular formula is C12H19N3O4S. The summed E-state index contributed by atoms with van der Waals surface area (Å²) in [6, 6.07) is 0. The van der Waals surface area contributed by atoms with Crippen LogP contribution in [-0.2, 0) is 21.9 Å². The van der Waals surface area contributed by atoms with E-state index in [4.69, 9.17) is 0 Å². The number of sulfonamides is 1. The molecule has 1 fully saturated rings. The minimum Gasteiger partial charge on any atom is -0.480 e. The highest BCUT2D eigenvalue weighted by atomic mass is 32.2. The lowest BCUT2D eigenvalue weighted by Crippen LogP contribution is -2.59. The van der Waals surface area contributed by atoms with Gasteiger partial charge in [-0.15, -0.1) is 0 Å². The Kier molecular flexibility index (Phi) is 3.88. The number of aryl methyl sites for hydroxylation is 1. The summed E-state index contributed by atoms with van der Waals surface area (Å²) in [5.74, 6) is -1.38. The molecule has 2 rings (SSSR count). The Bertz CT molecular complexity index is 610. The number of carbonyl (C=O) groups is 1. The molecule has 0 saturated heterocycles. The molecular weight excluding hydrogens is 282 g/mol. The molecule has 1 aromatic rings. The Morgan fingerprint density at radius 3 is 2.75 bits per heavy atom. The van der Waals surface area contributed by atoms with Gasteiger partial charge in [-0.3, -0.25) is 4.79 Å². The number of hydrogen-bond acceptors (Lipinski definition) is 4. The Morgan fingerprint density at radius 1 is 1.55 bits per heavy atom. The number of imidazole rings is 1. The molecule has 20 heavy (non-hydrogen) atoms. The van der Waals surface area contributed by atoms with E-state index in [0.29, 0.717) is 19.3 Å². The van der Waals surface area contributed by atoms with Crippen LogP contribution < -0.4 is 4.72 Å². The molecule has 1 aliphatic carbocycles. The lowest BCUT2D eigenvalue weighted by molar-refractivity contribution is -0.147. The molecule has 112 valence electrons. The van der Waals surface area contributed by atoms with Gasteiger partial charge in [0, 0.05) is 13.2 Å². The first kappa shape index (κ1) is 15.0. The van der Waals surface area contributed by atoms with E-state index in [9.17, 15) is 18.3 Å². The van der Waals surface area contributed by atoms with Gasteiger partial charge in [0.1, 0.15) is 5.54 Å². The number of carboxylic acids is 1. The van der Waals surface area contributed by atoms with Crippen molar-refractivity contribution in [3.8, 4) is 0 Å². The van der Waals surface area contributed by atoms with Gasteiger partial charge < -0.3 is 9.67 Å². The quantitative estimate of drug-likeness (QED) is 0.853. The van der Waals surface area contributed by atoms with E-state index < -0.39 is 21.5 Å². The summed E-state index contributed by atoms with van der Waals surface area (Å²) in [4.78, 5) is 15.4. The van der Waals surface area contributed by atoms with Crippen LogP contribution in [0.4, 0.5) is 0 Å². The van der Waals surface area contributed by atoms with Crippen LogP contribution in [0.5, 0.6) is 0 Å². The van der Waals surface area contributed by atoms with Gasteiger partial charge in [-0.25, -0.2) is 13.4 Å². The standard InChI is InChI=1S/C12H19N3O4S/c1-9-5-3-4-6-12(9,11(16)17)14-20(18,19)10-7-15(2)8-13-10/h7-9,14H,3-6H2,1-2H3,(H,16,17). The van der Waals surface area contributed by atoms with Gasteiger partial charge >= 0.3 is 5.97 Å². The molecule has 7 nitrogen and oxygen atoms in total. The fourth-order valence-electron chi connectivity index (χ4n) is 2.68. The van der Waals surface area contributed by atoms with Gasteiger partial charge in [-0.05, 0) is 18.8 Å². The molecule has 2 unspecified atom stereocenters. The smallest absolute Gasteiger partial charge is 0.325 e. The molecule has 0 radical (unpaired) electrons. The summed E-state index contributed by atoms with van der Waals surface area (Å²) >= 11 is 0. The Hall–Kier alpha value is -1.41. The van der Waals surface area contributed by atoms with Crippen molar-refractivity contribution in [3.63, 3.8) is 0 Å². The molecule has 1 heterocycles. The lowest BCUT2D eigenvalue weighted by Gasteiger charge is -2.38. The minimum atomic E-state index is -3.94. The summed E-state index contributed by atoms with van der Waals surface area (Å²) in [6.45, 7) is 1.77. The number of rotatable bonds is 4. The third kappa shape index (κ3) is 2.57. The number of aliphatic carboxylic acids is 1. The van der Waals surface area contributed by atoms with Crippen LogP contribution in [0.3, 0.4) is 0 Å². The molecule has 1 saturated carbocycles. The zero-order chi connectivity index (χ0) is 15.0. The second-order valence-corrected chi connectivity index (χ2v) is 7.04. The first-order chi connectivity index (χ1) is 9.28. The zero-order valence-electron chi connectivity index (χ0n) is 11.5. The number of nitrogens with zero attached hydrogens (tertiary/aromatic N) is 2. The van der Waals surface area contributed by atoms with Gasteiger partial charge in [-0.1, -0.05) is 19.8 Å². The second kappa shape index (κ2) is 5.17. The highest BCUT2D eigenvalue weighted by Crippen LogP contribution is 2.35. The van der Waals surface area contributed by atoms with E-state index in [1.165, 1.54) is 17.1 Å². The van der Waals surface area contributed by atoms with Crippen LogP contribution in [0.2, 0.25) is 0 Å². The lowest BCUT2D eigenvalue weighted by atomic mass is 9.74. The molecule has 0 amide bonds. The normalized spacial score (nSPS) is 27.4. The molecule has 0 spiro atoms. The monoisotopic (exact) mass is 301 g/mol. The van der Waals surface area contributed by atoms with Crippen molar-refractivity contribution in [2.24, 2.45) is 13.0 Å². The first-order valence-corrected chi connectivity index (χ1v) is 8.01. The van der Waals surface area contributed by atoms with Crippen molar-refractivity contribution in [2.75, 3.05) is 0 Å². The van der Waals surface area contributed by atoms with E-state index in [0.717, 1.165) is 6.42 Å². The first-order valence-electron chi connectivity index (χ1n) is 6.53. The fraction of sp³-hybridized carbons (Fsp3) is 0.667. The summed E-state index contributed by atoms with van der Waals surface area (Å²) in [6.07, 6.45) is 5.33. The van der Waals surface area contributed by atoms with Crippen molar-refractivity contribution in [1.82, 2.24) is 14.3 Å². The van der Waals surface area contributed by atoms with E-state index in [1.54, 1.807) is 14.0 Å². The van der Waals surface area contributed by atoms with Crippen molar-refractivity contribution >= 4 is 16.0 Å². The molecule has 2 N–H and O–H groups in total. The van der Waals surface area contributed by atoms with Crippen molar-refractivity contribution in [3.05, 3.63) is 12.5 Å². The van der Waals surface area contributed by atoms with Crippen molar-refractivity contribution < 1.29 is 18.3 Å². The molecule has 8 heteroatoms. The number of carboxylic acid groups (broad SMARTS) is 1. The SMILES string of the molecule is CC1CCCCC1(NS(=O)(=O)c1cn(C)cn1)C(=O)O. The van der Waals surface area contributed by atoms with Crippen LogP contribution in [0.1, 0.15) is 32.6 Å². The third-order valence-electron chi connectivity index (χ3n) is 3.95. The van der Waals surface area contributed by atoms with Gasteiger partial charge in [-0.2, -0.15) is 4.72 Å².